The van der Waals surface area contributed by atoms with Crippen molar-refractivity contribution in [2.24, 2.45) is 0 Å². The van der Waals surface area contributed by atoms with Gasteiger partial charge in [0.05, 0.1) is 22.7 Å². The molecule has 170 valence electrons. The molecule has 0 spiro atoms. The van der Waals surface area contributed by atoms with Crippen molar-refractivity contribution >= 4 is 10.9 Å². The monoisotopic (exact) mass is 448 g/mol. The number of hydrogen-bond donors (Lipinski definition) is 0. The van der Waals surface area contributed by atoms with E-state index in [1.165, 1.54) is 12.5 Å². The fraction of sp³-hybridized carbons (Fsp3) is 0.423. The van der Waals surface area contributed by atoms with Crippen LogP contribution in [-0.4, -0.2) is 19.3 Å². The highest BCUT2D eigenvalue weighted by molar-refractivity contribution is 5.97. The average molecular weight is 449 g/mol. The minimum Gasteiger partial charge on any atom is -0.341 e. The van der Waals surface area contributed by atoms with Crippen LogP contribution in [0.3, 0.4) is 0 Å². The van der Waals surface area contributed by atoms with Crippen molar-refractivity contribution in [3.8, 4) is 22.4 Å². The van der Waals surface area contributed by atoms with Gasteiger partial charge in [0.25, 0.3) is 5.56 Å². The van der Waals surface area contributed by atoms with Crippen molar-refractivity contribution in [1.82, 2.24) is 19.3 Å². The molecule has 0 saturated heterocycles. The number of benzene rings is 1. The van der Waals surface area contributed by atoms with Gasteiger partial charge in [-0.1, -0.05) is 19.3 Å². The van der Waals surface area contributed by atoms with E-state index >= 15 is 8.78 Å². The average Bonchev–Trinajstić information content (AvgIpc) is 3.57. The van der Waals surface area contributed by atoms with Crippen molar-refractivity contribution in [3.05, 3.63) is 57.8 Å². The van der Waals surface area contributed by atoms with Gasteiger partial charge in [0.1, 0.15) is 11.5 Å². The summed E-state index contributed by atoms with van der Waals surface area (Å²) in [5, 5.41) is 5.01. The summed E-state index contributed by atoms with van der Waals surface area (Å²) >= 11 is 0. The zero-order valence-electron chi connectivity index (χ0n) is 18.9. The lowest BCUT2D eigenvalue weighted by atomic mass is 9.96. The first-order valence-electron chi connectivity index (χ1n) is 11.8. The van der Waals surface area contributed by atoms with E-state index < -0.39 is 11.6 Å². The molecule has 0 N–H and O–H groups in total. The second-order valence-electron chi connectivity index (χ2n) is 9.65. The number of fused-ring (bicyclic) bond motifs is 3. The minimum absolute atomic E-state index is 0.0554. The van der Waals surface area contributed by atoms with Crippen molar-refractivity contribution in [2.45, 2.75) is 70.9 Å². The molecule has 5 nitrogen and oxygen atoms in total. The number of hydrogen-bond acceptors (Lipinski definition) is 3. The lowest BCUT2D eigenvalue weighted by Gasteiger charge is -2.20. The molecule has 3 heterocycles. The Hall–Kier alpha value is -3.09. The van der Waals surface area contributed by atoms with Crippen molar-refractivity contribution < 1.29 is 8.78 Å². The van der Waals surface area contributed by atoms with Crippen molar-refractivity contribution in [1.29, 1.82) is 0 Å². The maximum Gasteiger partial charge on any atom is 0.278 e. The van der Waals surface area contributed by atoms with Gasteiger partial charge >= 0.3 is 0 Å². The maximum absolute atomic E-state index is 16.1. The number of pyridine rings is 2. The molecule has 7 heteroatoms. The molecule has 1 aromatic carbocycles. The van der Waals surface area contributed by atoms with Crippen LogP contribution in [0.5, 0.6) is 0 Å². The fourth-order valence-corrected chi connectivity index (χ4v) is 5.45. The summed E-state index contributed by atoms with van der Waals surface area (Å²) in [4.78, 5) is 17.6. The minimum atomic E-state index is -0.653. The smallest absolute Gasteiger partial charge is 0.278 e. The molecule has 4 aliphatic rings. The van der Waals surface area contributed by atoms with Gasteiger partial charge in [-0.15, -0.1) is 0 Å². The molecule has 1 aromatic heterocycles. The quantitative estimate of drug-likeness (QED) is 0.381. The Balaban J connectivity index is 1.65. The van der Waals surface area contributed by atoms with Crippen LogP contribution in [0.15, 0.2) is 29.2 Å². The predicted molar refractivity (Wildman–Crippen MR) is 124 cm³/mol. The third-order valence-corrected chi connectivity index (χ3v) is 7.11. The second kappa shape index (κ2) is 7.47. The molecule has 0 unspecified atom stereocenters. The first-order valence-corrected chi connectivity index (χ1v) is 11.8. The van der Waals surface area contributed by atoms with E-state index in [0.29, 0.717) is 39.1 Å². The fourth-order valence-electron chi connectivity index (χ4n) is 5.45. The second-order valence-corrected chi connectivity index (χ2v) is 9.65. The van der Waals surface area contributed by atoms with Gasteiger partial charge in [-0.2, -0.15) is 5.10 Å². The molecule has 0 bridgehead atoms. The van der Waals surface area contributed by atoms with Crippen LogP contribution < -0.4 is 5.56 Å². The lowest BCUT2D eigenvalue weighted by Crippen LogP contribution is -2.24. The number of halogens is 2. The predicted octanol–water partition coefficient (Wildman–Crippen LogP) is 6.10. The Morgan fingerprint density at radius 3 is 2.30 bits per heavy atom. The zero-order valence-corrected chi connectivity index (χ0v) is 18.9. The summed E-state index contributed by atoms with van der Waals surface area (Å²) in [6.07, 6.45) is 8.71. The number of aryl methyl sites for hydroxylation is 2. The molecule has 2 fully saturated rings. The van der Waals surface area contributed by atoms with E-state index in [2.05, 4.69) is 10.1 Å². The van der Waals surface area contributed by atoms with Crippen LogP contribution in [0.2, 0.25) is 0 Å². The van der Waals surface area contributed by atoms with Crippen LogP contribution in [0.1, 0.15) is 68.4 Å². The van der Waals surface area contributed by atoms with E-state index in [1.54, 1.807) is 23.0 Å². The van der Waals surface area contributed by atoms with Gasteiger partial charge in [-0.3, -0.25) is 9.78 Å². The van der Waals surface area contributed by atoms with Crippen LogP contribution in [0, 0.1) is 25.5 Å². The SMILES string of the molecule is Cc1cc(-c2c(F)cc3c4nn(C5CCCCC5)c(=O)c-4cn(C4CC4)c3c2F)cc(C)n1. The van der Waals surface area contributed by atoms with Crippen molar-refractivity contribution in [2.75, 3.05) is 0 Å². The van der Waals surface area contributed by atoms with Gasteiger partial charge in [-0.25, -0.2) is 13.5 Å². The molecule has 2 saturated carbocycles. The molecule has 2 aliphatic carbocycles. The third-order valence-electron chi connectivity index (χ3n) is 7.11. The third kappa shape index (κ3) is 3.28. The topological polar surface area (TPSA) is 52.7 Å². The summed E-state index contributed by atoms with van der Waals surface area (Å²) in [6, 6.07) is 4.93. The van der Waals surface area contributed by atoms with Crippen LogP contribution >= 0.6 is 0 Å². The molecule has 0 radical (unpaired) electrons. The molecular weight excluding hydrogens is 422 g/mol. The van der Waals surface area contributed by atoms with Gasteiger partial charge < -0.3 is 4.57 Å². The summed E-state index contributed by atoms with van der Waals surface area (Å²) in [7, 11) is 0. The highest BCUT2D eigenvalue weighted by Crippen LogP contribution is 2.43. The highest BCUT2D eigenvalue weighted by atomic mass is 19.1. The lowest BCUT2D eigenvalue weighted by molar-refractivity contribution is 0.324. The standard InChI is InChI=1S/C26H26F2N4O/c1-14-10-16(11-15(2)29-14)22-21(27)12-19-24-20(13-31(17-8-9-17)25(19)23(22)28)26(33)32(30-24)18-6-4-3-5-7-18/h10-13,17-18H,3-9H2,1-2H3. The summed E-state index contributed by atoms with van der Waals surface area (Å²) < 4.78 is 35.0. The number of nitrogens with zero attached hydrogens (tertiary/aromatic N) is 4. The van der Waals surface area contributed by atoms with E-state index in [-0.39, 0.29) is 23.2 Å². The van der Waals surface area contributed by atoms with Crippen LogP contribution in [-0.2, 0) is 0 Å². The highest BCUT2D eigenvalue weighted by Gasteiger charge is 2.32. The number of aromatic nitrogens is 4. The molecule has 2 aliphatic heterocycles. The summed E-state index contributed by atoms with van der Waals surface area (Å²) in [5.74, 6) is -1.26. The van der Waals surface area contributed by atoms with Gasteiger partial charge in [0.2, 0.25) is 0 Å². The largest absolute Gasteiger partial charge is 0.341 e. The van der Waals surface area contributed by atoms with Gasteiger partial charge in [0.15, 0.2) is 5.82 Å². The Morgan fingerprint density at radius 2 is 1.64 bits per heavy atom. The maximum atomic E-state index is 16.1. The molecule has 0 atom stereocenters. The summed E-state index contributed by atoms with van der Waals surface area (Å²) in [5.41, 5.74) is 2.83. The Kier molecular flexibility index (Phi) is 4.64. The Labute approximate surface area is 190 Å². The van der Waals surface area contributed by atoms with E-state index in [1.807, 2.05) is 18.4 Å². The first-order chi connectivity index (χ1) is 15.9. The summed E-state index contributed by atoms with van der Waals surface area (Å²) in [6.45, 7) is 3.63. The molecular formula is C26H26F2N4O. The molecule has 2 aromatic rings. The molecule has 0 amide bonds. The van der Waals surface area contributed by atoms with Crippen molar-refractivity contribution in [3.63, 3.8) is 0 Å². The zero-order chi connectivity index (χ0) is 22.9. The van der Waals surface area contributed by atoms with Gasteiger partial charge in [-0.05, 0) is 63.3 Å². The van der Waals surface area contributed by atoms with Gasteiger partial charge in [0, 0.05) is 29.0 Å². The first kappa shape index (κ1) is 20.5. The van der Waals surface area contributed by atoms with E-state index in [9.17, 15) is 4.79 Å². The Bertz CT molecular complexity index is 1410. The molecule has 33 heavy (non-hydrogen) atoms. The number of rotatable bonds is 3. The van der Waals surface area contributed by atoms with E-state index in [0.717, 1.165) is 38.5 Å². The van der Waals surface area contributed by atoms with Crippen LogP contribution in [0.25, 0.3) is 33.3 Å². The van der Waals surface area contributed by atoms with Crippen LogP contribution in [0.4, 0.5) is 8.78 Å². The molecule has 6 rings (SSSR count). The normalized spacial score (nSPS) is 17.3. The van der Waals surface area contributed by atoms with E-state index in [4.69, 9.17) is 0 Å². The Morgan fingerprint density at radius 1 is 0.939 bits per heavy atom.